The molecule has 29 heavy (non-hydrogen) atoms. The molecule has 8 nitrogen and oxygen atoms in total. The van der Waals surface area contributed by atoms with Crippen molar-refractivity contribution in [2.75, 3.05) is 25.0 Å². The maximum atomic E-state index is 12.7. The number of carbonyl (C=O) groups excluding carboxylic acids is 1. The van der Waals surface area contributed by atoms with Crippen molar-refractivity contribution in [2.24, 2.45) is 0 Å². The quantitative estimate of drug-likeness (QED) is 0.645. The number of hydrogen-bond acceptors (Lipinski definition) is 5. The number of pyridine rings is 1. The van der Waals surface area contributed by atoms with E-state index in [0.717, 1.165) is 10.6 Å². The van der Waals surface area contributed by atoms with Gasteiger partial charge < -0.3 is 14.6 Å². The van der Waals surface area contributed by atoms with Gasteiger partial charge in [-0.05, 0) is 25.1 Å². The number of amides is 1. The Labute approximate surface area is 175 Å². The number of rotatable bonds is 9. The zero-order chi connectivity index (χ0) is 21.6. The summed E-state index contributed by atoms with van der Waals surface area (Å²) in [7, 11) is -3.75. The summed E-state index contributed by atoms with van der Waals surface area (Å²) < 4.78 is 33.1. The molecule has 0 saturated carbocycles. The lowest BCUT2D eigenvalue weighted by Crippen LogP contribution is -2.33. The van der Waals surface area contributed by atoms with Gasteiger partial charge in [0.1, 0.15) is 6.54 Å². The Morgan fingerprint density at radius 2 is 1.86 bits per heavy atom. The average Bonchev–Trinajstić information content (AvgIpc) is 2.67. The molecule has 0 spiro atoms. The molecule has 0 aliphatic carbocycles. The van der Waals surface area contributed by atoms with E-state index < -0.39 is 21.5 Å². The molecule has 1 heterocycles. The molecule has 0 radical (unpaired) electrons. The molecule has 0 fully saturated rings. The normalized spacial score (nSPS) is 11.5. The fourth-order valence-electron chi connectivity index (χ4n) is 2.74. The molecule has 1 amide bonds. The van der Waals surface area contributed by atoms with Crippen LogP contribution in [0.5, 0.6) is 5.75 Å². The first-order valence-electron chi connectivity index (χ1n) is 9.16. The Morgan fingerprint density at radius 1 is 1.17 bits per heavy atom. The van der Waals surface area contributed by atoms with Crippen LogP contribution in [0, 0.1) is 0 Å². The molecule has 0 bridgehead atoms. The van der Waals surface area contributed by atoms with Gasteiger partial charge in [0.2, 0.25) is 15.9 Å². The van der Waals surface area contributed by atoms with E-state index >= 15 is 0 Å². The third kappa shape index (κ3) is 5.37. The summed E-state index contributed by atoms with van der Waals surface area (Å²) >= 11 is 6.10. The predicted octanol–water partition coefficient (Wildman–Crippen LogP) is 2.57. The number of nitrogens with zero attached hydrogens (tertiary/aromatic N) is 2. The number of anilines is 1. The molecule has 2 rings (SSSR count). The number of sulfonamides is 1. The van der Waals surface area contributed by atoms with E-state index in [1.807, 2.05) is 0 Å². The second-order valence-corrected chi connectivity index (χ2v) is 8.36. The molecule has 0 atom stereocenters. The first kappa shape index (κ1) is 22.9. The SMILES string of the molecule is CCOc1c(Cl)cccc1NC(=O)Cn1cc(S(=O)(=O)N(CC)CC)ccc1=O. The zero-order valence-electron chi connectivity index (χ0n) is 16.5. The van der Waals surface area contributed by atoms with Crippen LogP contribution in [0.3, 0.4) is 0 Å². The summed E-state index contributed by atoms with van der Waals surface area (Å²) in [5.74, 6) is -0.192. The van der Waals surface area contributed by atoms with E-state index in [9.17, 15) is 18.0 Å². The van der Waals surface area contributed by atoms with Gasteiger partial charge >= 0.3 is 0 Å². The Balaban J connectivity index is 2.28. The van der Waals surface area contributed by atoms with Crippen LogP contribution in [-0.2, 0) is 21.4 Å². The molecule has 158 valence electrons. The smallest absolute Gasteiger partial charge is 0.251 e. The number of para-hydroxylation sites is 1. The second-order valence-electron chi connectivity index (χ2n) is 6.02. The minimum Gasteiger partial charge on any atom is -0.490 e. The van der Waals surface area contributed by atoms with E-state index in [2.05, 4.69) is 5.32 Å². The minimum atomic E-state index is -3.75. The Bertz CT molecular complexity index is 1030. The second kappa shape index (κ2) is 9.91. The predicted molar refractivity (Wildman–Crippen MR) is 112 cm³/mol. The van der Waals surface area contributed by atoms with Crippen LogP contribution >= 0.6 is 11.6 Å². The van der Waals surface area contributed by atoms with Gasteiger partial charge in [0.25, 0.3) is 5.56 Å². The highest BCUT2D eigenvalue weighted by Gasteiger charge is 2.22. The van der Waals surface area contributed by atoms with Crippen LogP contribution < -0.4 is 15.6 Å². The van der Waals surface area contributed by atoms with Crippen LogP contribution in [0.2, 0.25) is 5.02 Å². The van der Waals surface area contributed by atoms with Gasteiger partial charge in [-0.15, -0.1) is 0 Å². The van der Waals surface area contributed by atoms with E-state index in [4.69, 9.17) is 16.3 Å². The van der Waals surface area contributed by atoms with Crippen molar-refractivity contribution in [1.29, 1.82) is 0 Å². The lowest BCUT2D eigenvalue weighted by molar-refractivity contribution is -0.116. The molecular formula is C19H24ClN3O5S. The average molecular weight is 442 g/mol. The van der Waals surface area contributed by atoms with Crippen molar-refractivity contribution in [3.63, 3.8) is 0 Å². The molecule has 0 saturated heterocycles. The summed E-state index contributed by atoms with van der Waals surface area (Å²) in [6.45, 7) is 5.84. The van der Waals surface area contributed by atoms with Crippen LogP contribution in [0.4, 0.5) is 5.69 Å². The van der Waals surface area contributed by atoms with Crippen molar-refractivity contribution < 1.29 is 17.9 Å². The fraction of sp³-hybridized carbons (Fsp3) is 0.368. The summed E-state index contributed by atoms with van der Waals surface area (Å²) in [5, 5.41) is 2.99. The molecule has 0 aliphatic rings. The molecule has 1 aromatic heterocycles. The largest absolute Gasteiger partial charge is 0.490 e. The van der Waals surface area contributed by atoms with E-state index in [1.54, 1.807) is 39.0 Å². The van der Waals surface area contributed by atoms with Gasteiger partial charge in [0.05, 0.1) is 22.2 Å². The summed E-state index contributed by atoms with van der Waals surface area (Å²) in [6, 6.07) is 7.29. The van der Waals surface area contributed by atoms with Crippen molar-refractivity contribution >= 4 is 33.2 Å². The van der Waals surface area contributed by atoms with Crippen molar-refractivity contribution in [1.82, 2.24) is 8.87 Å². The number of aromatic nitrogens is 1. The van der Waals surface area contributed by atoms with Crippen LogP contribution in [0.1, 0.15) is 20.8 Å². The monoisotopic (exact) mass is 441 g/mol. The minimum absolute atomic E-state index is 0.0497. The number of carbonyl (C=O) groups is 1. The highest BCUT2D eigenvalue weighted by Crippen LogP contribution is 2.32. The Hall–Kier alpha value is -2.36. The highest BCUT2D eigenvalue weighted by molar-refractivity contribution is 7.89. The van der Waals surface area contributed by atoms with Crippen LogP contribution in [-0.4, -0.2) is 42.9 Å². The number of benzene rings is 1. The van der Waals surface area contributed by atoms with Crippen molar-refractivity contribution in [3.05, 3.63) is 51.9 Å². The lowest BCUT2D eigenvalue weighted by Gasteiger charge is -2.19. The number of hydrogen-bond donors (Lipinski definition) is 1. The van der Waals surface area contributed by atoms with Crippen molar-refractivity contribution in [3.8, 4) is 5.75 Å². The molecular weight excluding hydrogens is 418 g/mol. The standard InChI is InChI=1S/C19H24ClN3O5S/c1-4-23(5-2)29(26,27)14-10-11-18(25)22(12-14)13-17(24)21-16-9-7-8-15(20)19(16)28-6-3/h7-12H,4-6,13H2,1-3H3,(H,21,24). The molecule has 0 unspecified atom stereocenters. The number of halogens is 1. The van der Waals surface area contributed by atoms with E-state index in [-0.39, 0.29) is 11.4 Å². The summed E-state index contributed by atoms with van der Waals surface area (Å²) in [5.41, 5.74) is -0.126. The third-order valence-corrected chi connectivity index (χ3v) is 6.47. The molecule has 10 heteroatoms. The fourth-order valence-corrected chi connectivity index (χ4v) is 4.45. The first-order chi connectivity index (χ1) is 13.7. The molecule has 0 aliphatic heterocycles. The van der Waals surface area contributed by atoms with Gasteiger partial charge in [-0.2, -0.15) is 4.31 Å². The number of ether oxygens (including phenoxy) is 1. The van der Waals surface area contributed by atoms with Gasteiger partial charge in [-0.1, -0.05) is 31.5 Å². The van der Waals surface area contributed by atoms with Gasteiger partial charge in [-0.25, -0.2) is 8.42 Å². The highest BCUT2D eigenvalue weighted by atomic mass is 35.5. The zero-order valence-corrected chi connectivity index (χ0v) is 18.1. The maximum Gasteiger partial charge on any atom is 0.251 e. The van der Waals surface area contributed by atoms with E-state index in [0.29, 0.717) is 36.2 Å². The molecule has 1 N–H and O–H groups in total. The Morgan fingerprint density at radius 3 is 2.48 bits per heavy atom. The van der Waals surface area contributed by atoms with Gasteiger partial charge in [-0.3, -0.25) is 9.59 Å². The van der Waals surface area contributed by atoms with Gasteiger partial charge in [0, 0.05) is 25.4 Å². The topological polar surface area (TPSA) is 97.7 Å². The number of nitrogens with one attached hydrogen (secondary N) is 1. The van der Waals surface area contributed by atoms with Crippen LogP contribution in [0.15, 0.2) is 46.2 Å². The Kier molecular flexibility index (Phi) is 7.83. The lowest BCUT2D eigenvalue weighted by atomic mass is 10.3. The van der Waals surface area contributed by atoms with Gasteiger partial charge in [0.15, 0.2) is 5.75 Å². The first-order valence-corrected chi connectivity index (χ1v) is 11.0. The third-order valence-electron chi connectivity index (χ3n) is 4.14. The summed E-state index contributed by atoms with van der Waals surface area (Å²) in [6.07, 6.45) is 1.18. The van der Waals surface area contributed by atoms with Crippen molar-refractivity contribution in [2.45, 2.75) is 32.2 Å². The van der Waals surface area contributed by atoms with Crippen LogP contribution in [0.25, 0.3) is 0 Å². The maximum absolute atomic E-state index is 12.7. The van der Waals surface area contributed by atoms with E-state index in [1.165, 1.54) is 16.6 Å². The molecule has 2 aromatic rings. The summed E-state index contributed by atoms with van der Waals surface area (Å²) in [4.78, 5) is 24.6. The molecule has 1 aromatic carbocycles.